The third kappa shape index (κ3) is 2.76. The monoisotopic (exact) mass is 242 g/mol. The molecule has 0 saturated carbocycles. The summed E-state index contributed by atoms with van der Waals surface area (Å²) in [5.41, 5.74) is 8.20. The van der Waals surface area contributed by atoms with Gasteiger partial charge in [-0.25, -0.2) is 4.98 Å². The predicted octanol–water partition coefficient (Wildman–Crippen LogP) is 2.23. The Morgan fingerprint density at radius 2 is 1.94 bits per heavy atom. The fraction of sp³-hybridized carbons (Fsp3) is 0.0769. The van der Waals surface area contributed by atoms with Crippen LogP contribution in [0.4, 0.5) is 11.5 Å². The number of nitrogens with zero attached hydrogens (tertiary/aromatic N) is 2. The number of pyridine rings is 1. The Kier molecular flexibility index (Phi) is 3.43. The summed E-state index contributed by atoms with van der Waals surface area (Å²) < 4.78 is 0. The molecular weight excluding hydrogens is 228 g/mol. The van der Waals surface area contributed by atoms with Crippen LogP contribution in [-0.2, 0) is 0 Å². The first-order valence-corrected chi connectivity index (χ1v) is 5.46. The van der Waals surface area contributed by atoms with Gasteiger partial charge in [-0.3, -0.25) is 0 Å². The molecule has 5 heteroatoms. The molecular formula is C13H14N4O. The van der Waals surface area contributed by atoms with Gasteiger partial charge in [0, 0.05) is 17.4 Å². The van der Waals surface area contributed by atoms with Crippen molar-refractivity contribution in [2.24, 2.45) is 10.9 Å². The average molecular weight is 242 g/mol. The Morgan fingerprint density at radius 1 is 1.22 bits per heavy atom. The molecule has 0 saturated heterocycles. The van der Waals surface area contributed by atoms with Crippen molar-refractivity contribution >= 4 is 17.3 Å². The van der Waals surface area contributed by atoms with Crippen molar-refractivity contribution < 1.29 is 5.21 Å². The van der Waals surface area contributed by atoms with Gasteiger partial charge in [0.15, 0.2) is 5.84 Å². The topological polar surface area (TPSA) is 83.5 Å². The number of aromatic nitrogens is 1. The van der Waals surface area contributed by atoms with Gasteiger partial charge in [-0.05, 0) is 31.2 Å². The lowest BCUT2D eigenvalue weighted by Gasteiger charge is -2.06. The zero-order valence-electron chi connectivity index (χ0n) is 9.96. The molecule has 0 fully saturated rings. The van der Waals surface area contributed by atoms with Gasteiger partial charge in [0.1, 0.15) is 5.82 Å². The molecule has 0 unspecified atom stereocenters. The van der Waals surface area contributed by atoms with Gasteiger partial charge < -0.3 is 16.3 Å². The van der Waals surface area contributed by atoms with E-state index in [-0.39, 0.29) is 5.84 Å². The van der Waals surface area contributed by atoms with Crippen LogP contribution in [0.2, 0.25) is 0 Å². The molecule has 2 rings (SSSR count). The van der Waals surface area contributed by atoms with Gasteiger partial charge in [0.05, 0.1) is 0 Å². The number of amidine groups is 1. The number of hydrogen-bond donors (Lipinski definition) is 3. The zero-order chi connectivity index (χ0) is 13.0. The van der Waals surface area contributed by atoms with Crippen molar-refractivity contribution in [1.29, 1.82) is 0 Å². The molecule has 92 valence electrons. The number of anilines is 2. The molecule has 2 aromatic rings. The Balaban J connectivity index is 2.13. The minimum atomic E-state index is 0.0457. The fourth-order valence-electron chi connectivity index (χ4n) is 1.46. The highest BCUT2D eigenvalue weighted by molar-refractivity contribution is 5.96. The summed E-state index contributed by atoms with van der Waals surface area (Å²) in [4.78, 5) is 4.18. The van der Waals surface area contributed by atoms with Crippen LogP contribution in [0, 0.1) is 6.92 Å². The third-order valence-corrected chi connectivity index (χ3v) is 2.49. The average Bonchev–Trinajstić information content (AvgIpc) is 2.41. The largest absolute Gasteiger partial charge is 0.409 e. The first-order chi connectivity index (χ1) is 8.69. The van der Waals surface area contributed by atoms with E-state index >= 15 is 0 Å². The molecule has 1 aromatic heterocycles. The van der Waals surface area contributed by atoms with Gasteiger partial charge in [0.2, 0.25) is 0 Å². The number of nitrogens with two attached hydrogens (primary N) is 1. The summed E-state index contributed by atoms with van der Waals surface area (Å²) in [5, 5.41) is 14.6. The molecule has 0 radical (unpaired) electrons. The summed E-state index contributed by atoms with van der Waals surface area (Å²) >= 11 is 0. The lowest BCUT2D eigenvalue weighted by atomic mass is 10.2. The third-order valence-electron chi connectivity index (χ3n) is 2.49. The van der Waals surface area contributed by atoms with Gasteiger partial charge in [-0.15, -0.1) is 0 Å². The maximum atomic E-state index is 8.54. The maximum Gasteiger partial charge on any atom is 0.171 e. The summed E-state index contributed by atoms with van der Waals surface area (Å²) in [6.07, 6.45) is 1.55. The van der Waals surface area contributed by atoms with Gasteiger partial charge in [-0.2, -0.15) is 0 Å². The molecule has 0 amide bonds. The van der Waals surface area contributed by atoms with E-state index < -0.39 is 0 Å². The normalized spacial score (nSPS) is 11.3. The number of aryl methyl sites for hydroxylation is 1. The molecule has 1 aromatic carbocycles. The summed E-state index contributed by atoms with van der Waals surface area (Å²) in [5.74, 6) is 0.748. The maximum absolute atomic E-state index is 8.54. The van der Waals surface area contributed by atoms with Crippen LogP contribution in [0.1, 0.15) is 11.1 Å². The van der Waals surface area contributed by atoms with Gasteiger partial charge in [0.25, 0.3) is 0 Å². The quantitative estimate of drug-likeness (QED) is 0.333. The number of rotatable bonds is 3. The van der Waals surface area contributed by atoms with Crippen molar-refractivity contribution in [1.82, 2.24) is 4.98 Å². The standard InChI is InChI=1S/C13H14N4O/c1-9-2-5-11(6-3-9)16-12-7-4-10(8-15-12)13(14)17-18/h2-8,18H,1H3,(H2,14,17)(H,15,16). The molecule has 0 spiro atoms. The summed E-state index contributed by atoms with van der Waals surface area (Å²) in [6, 6.07) is 11.5. The molecule has 1 heterocycles. The highest BCUT2D eigenvalue weighted by Crippen LogP contribution is 2.15. The number of oxime groups is 1. The molecule has 0 aliphatic carbocycles. The Hall–Kier alpha value is -2.56. The van der Waals surface area contributed by atoms with Gasteiger partial charge >= 0.3 is 0 Å². The summed E-state index contributed by atoms with van der Waals surface area (Å²) in [6.45, 7) is 2.04. The molecule has 0 bridgehead atoms. The van der Waals surface area contributed by atoms with Crippen LogP contribution in [-0.4, -0.2) is 16.0 Å². The Morgan fingerprint density at radius 3 is 2.50 bits per heavy atom. The zero-order valence-corrected chi connectivity index (χ0v) is 9.96. The lowest BCUT2D eigenvalue weighted by Crippen LogP contribution is -2.13. The Bertz CT molecular complexity index is 546. The summed E-state index contributed by atoms with van der Waals surface area (Å²) in [7, 11) is 0. The second kappa shape index (κ2) is 5.18. The van der Waals surface area contributed by atoms with Crippen LogP contribution < -0.4 is 11.1 Å². The van der Waals surface area contributed by atoms with E-state index in [1.807, 2.05) is 31.2 Å². The van der Waals surface area contributed by atoms with Crippen LogP contribution in [0.15, 0.2) is 47.8 Å². The minimum absolute atomic E-state index is 0.0457. The van der Waals surface area contributed by atoms with Crippen LogP contribution in [0.5, 0.6) is 0 Å². The lowest BCUT2D eigenvalue weighted by molar-refractivity contribution is 0.318. The van der Waals surface area contributed by atoms with E-state index in [0.717, 1.165) is 5.69 Å². The van der Waals surface area contributed by atoms with Gasteiger partial charge in [-0.1, -0.05) is 22.9 Å². The molecule has 5 nitrogen and oxygen atoms in total. The van der Waals surface area contributed by atoms with Crippen molar-refractivity contribution in [2.45, 2.75) is 6.92 Å². The molecule has 18 heavy (non-hydrogen) atoms. The smallest absolute Gasteiger partial charge is 0.171 e. The van der Waals surface area contributed by atoms with E-state index in [2.05, 4.69) is 15.5 Å². The Labute approximate surface area is 105 Å². The first kappa shape index (κ1) is 11.9. The number of hydrogen-bond acceptors (Lipinski definition) is 4. The van der Waals surface area contributed by atoms with Crippen LogP contribution in [0.25, 0.3) is 0 Å². The number of benzene rings is 1. The first-order valence-electron chi connectivity index (χ1n) is 5.46. The van der Waals surface area contributed by atoms with Crippen molar-refractivity contribution in [3.05, 3.63) is 53.7 Å². The second-order valence-corrected chi connectivity index (χ2v) is 3.91. The molecule has 0 aliphatic rings. The van der Waals surface area contributed by atoms with E-state index in [0.29, 0.717) is 11.4 Å². The fourth-order valence-corrected chi connectivity index (χ4v) is 1.46. The molecule has 0 aliphatic heterocycles. The van der Waals surface area contributed by atoms with Crippen LogP contribution >= 0.6 is 0 Å². The van der Waals surface area contributed by atoms with Crippen molar-refractivity contribution in [3.8, 4) is 0 Å². The highest BCUT2D eigenvalue weighted by atomic mass is 16.4. The van der Waals surface area contributed by atoms with E-state index in [4.69, 9.17) is 10.9 Å². The van der Waals surface area contributed by atoms with Crippen molar-refractivity contribution in [3.63, 3.8) is 0 Å². The van der Waals surface area contributed by atoms with Crippen molar-refractivity contribution in [2.75, 3.05) is 5.32 Å². The SMILES string of the molecule is Cc1ccc(Nc2ccc(/C(N)=N/O)cn2)cc1. The predicted molar refractivity (Wildman–Crippen MR) is 71.2 cm³/mol. The number of nitrogens with one attached hydrogen (secondary N) is 1. The van der Waals surface area contributed by atoms with E-state index in [1.165, 1.54) is 5.56 Å². The van der Waals surface area contributed by atoms with E-state index in [9.17, 15) is 0 Å². The molecule has 4 N–H and O–H groups in total. The van der Waals surface area contributed by atoms with Crippen LogP contribution in [0.3, 0.4) is 0 Å². The highest BCUT2D eigenvalue weighted by Gasteiger charge is 2.00. The molecule has 0 atom stereocenters. The van der Waals surface area contributed by atoms with E-state index in [1.54, 1.807) is 18.3 Å². The second-order valence-electron chi connectivity index (χ2n) is 3.91. The minimum Gasteiger partial charge on any atom is -0.409 e.